The van der Waals surface area contributed by atoms with Crippen LogP contribution in [-0.4, -0.2) is 25.4 Å². The Bertz CT molecular complexity index is 502. The van der Waals surface area contributed by atoms with Crippen LogP contribution in [0.5, 0.6) is 0 Å². The second kappa shape index (κ2) is 5.27. The smallest absolute Gasteiger partial charge is 0.0711 e. The molecule has 2 aliphatic heterocycles. The van der Waals surface area contributed by atoms with Crippen molar-refractivity contribution >= 4 is 10.8 Å². The Hall–Kier alpha value is -0.670. The summed E-state index contributed by atoms with van der Waals surface area (Å²) in [4.78, 5) is 0. The maximum absolute atomic E-state index is 12.3. The molecule has 1 aromatic rings. The molecule has 2 fully saturated rings. The number of aliphatic hydroxyl groups is 1. The molecule has 2 aliphatic rings. The van der Waals surface area contributed by atoms with Gasteiger partial charge in [-0.15, -0.1) is 0 Å². The molecule has 0 aromatic heterocycles. The summed E-state index contributed by atoms with van der Waals surface area (Å²) < 4.78 is 12.3. The third-order valence-corrected chi connectivity index (χ3v) is 7.19. The Morgan fingerprint density at radius 3 is 2.30 bits per heavy atom. The van der Waals surface area contributed by atoms with Gasteiger partial charge in [0.2, 0.25) is 0 Å². The van der Waals surface area contributed by atoms with Gasteiger partial charge in [-0.05, 0) is 56.2 Å². The summed E-state index contributed by atoms with van der Waals surface area (Å²) in [7, 11) is -0.711. The van der Waals surface area contributed by atoms with E-state index in [4.69, 9.17) is 0 Å². The normalized spacial score (nSPS) is 36.9. The summed E-state index contributed by atoms with van der Waals surface area (Å²) in [5.41, 5.74) is 3.15. The molecule has 0 saturated carbocycles. The third kappa shape index (κ3) is 2.58. The van der Waals surface area contributed by atoms with Crippen LogP contribution in [0.3, 0.4) is 0 Å². The number of fused-ring (bicyclic) bond motifs is 2. The van der Waals surface area contributed by atoms with Crippen molar-refractivity contribution in [3.8, 4) is 0 Å². The van der Waals surface area contributed by atoms with Gasteiger partial charge in [-0.1, -0.05) is 24.6 Å². The minimum absolute atomic E-state index is 0.219. The van der Waals surface area contributed by atoms with Crippen molar-refractivity contribution < 1.29 is 9.32 Å². The van der Waals surface area contributed by atoms with E-state index < -0.39 is 16.4 Å². The molecule has 1 N–H and O–H groups in total. The molecule has 110 valence electrons. The van der Waals surface area contributed by atoms with Crippen LogP contribution in [0.2, 0.25) is 0 Å². The Labute approximate surface area is 124 Å². The van der Waals surface area contributed by atoms with Gasteiger partial charge in [-0.25, -0.2) is 0 Å². The van der Waals surface area contributed by atoms with Crippen LogP contribution >= 0.6 is 0 Å². The van der Waals surface area contributed by atoms with Crippen molar-refractivity contribution in [2.75, 3.05) is 0 Å². The zero-order valence-corrected chi connectivity index (χ0v) is 13.2. The Morgan fingerprint density at radius 2 is 1.75 bits per heavy atom. The first-order valence-electron chi connectivity index (χ1n) is 7.65. The number of benzene rings is 1. The van der Waals surface area contributed by atoms with E-state index in [-0.39, 0.29) is 10.5 Å². The first-order chi connectivity index (χ1) is 9.48. The maximum Gasteiger partial charge on any atom is 0.0711 e. The highest BCUT2D eigenvalue weighted by molar-refractivity contribution is 7.86. The predicted molar refractivity (Wildman–Crippen MR) is 83.4 cm³/mol. The average Bonchev–Trinajstić information content (AvgIpc) is 2.37. The second-order valence-corrected chi connectivity index (χ2v) is 8.67. The molecule has 20 heavy (non-hydrogen) atoms. The summed E-state index contributed by atoms with van der Waals surface area (Å²) in [5.74, 6) is 0. The zero-order chi connectivity index (χ0) is 14.3. The van der Waals surface area contributed by atoms with E-state index in [1.54, 1.807) is 0 Å². The fourth-order valence-electron chi connectivity index (χ4n) is 3.98. The van der Waals surface area contributed by atoms with Gasteiger partial charge in [0.05, 0.1) is 5.60 Å². The zero-order valence-electron chi connectivity index (χ0n) is 12.4. The lowest BCUT2D eigenvalue weighted by molar-refractivity contribution is 0.0111. The van der Waals surface area contributed by atoms with E-state index in [0.717, 1.165) is 19.3 Å². The molecule has 0 spiro atoms. The molecule has 3 rings (SSSR count). The van der Waals surface area contributed by atoms with Crippen molar-refractivity contribution in [3.63, 3.8) is 0 Å². The molecule has 1 aromatic carbocycles. The molecule has 2 unspecified atom stereocenters. The largest absolute Gasteiger partial charge is 0.389 e. The summed E-state index contributed by atoms with van der Waals surface area (Å²) in [6.07, 6.45) is 5.38. The van der Waals surface area contributed by atoms with Gasteiger partial charge in [0.25, 0.3) is 0 Å². The van der Waals surface area contributed by atoms with Gasteiger partial charge in [-0.2, -0.15) is 0 Å². The van der Waals surface area contributed by atoms with E-state index in [9.17, 15) is 9.32 Å². The van der Waals surface area contributed by atoms with Crippen molar-refractivity contribution in [1.82, 2.24) is 0 Å². The first-order valence-corrected chi connectivity index (χ1v) is 8.93. The van der Waals surface area contributed by atoms with Gasteiger partial charge >= 0.3 is 0 Å². The summed E-state index contributed by atoms with van der Waals surface area (Å²) >= 11 is 0. The molecule has 2 heterocycles. The van der Waals surface area contributed by atoms with Crippen molar-refractivity contribution in [2.45, 2.75) is 68.5 Å². The van der Waals surface area contributed by atoms with E-state index in [1.165, 1.54) is 23.1 Å². The monoisotopic (exact) mass is 292 g/mol. The van der Waals surface area contributed by atoms with Gasteiger partial charge < -0.3 is 5.11 Å². The fourth-order valence-corrected chi connectivity index (χ4v) is 6.27. The molecule has 2 bridgehead atoms. The van der Waals surface area contributed by atoms with Crippen molar-refractivity contribution in [2.24, 2.45) is 0 Å². The highest BCUT2D eigenvalue weighted by Crippen LogP contribution is 2.41. The lowest BCUT2D eigenvalue weighted by Crippen LogP contribution is -2.50. The standard InChI is InChI=1S/C17H24O2S/c1-12-5-3-6-13(2)16(12)11-17(18)9-14-7-4-8-15(10-17)20(14)19/h3,5-6,14-15,18H,4,7-11H2,1-2H3. The topological polar surface area (TPSA) is 37.3 Å². The number of hydrogen-bond donors (Lipinski definition) is 1. The van der Waals surface area contributed by atoms with Crippen LogP contribution in [-0.2, 0) is 17.2 Å². The highest BCUT2D eigenvalue weighted by Gasteiger charge is 2.45. The van der Waals surface area contributed by atoms with Crippen LogP contribution in [0.1, 0.15) is 48.8 Å². The molecule has 0 aliphatic carbocycles. The highest BCUT2D eigenvalue weighted by atomic mass is 32.2. The lowest BCUT2D eigenvalue weighted by atomic mass is 9.79. The van der Waals surface area contributed by atoms with E-state index in [0.29, 0.717) is 12.8 Å². The quantitative estimate of drug-likeness (QED) is 0.909. The Kier molecular flexibility index (Phi) is 3.76. The minimum Gasteiger partial charge on any atom is -0.389 e. The molecule has 2 atom stereocenters. The van der Waals surface area contributed by atoms with E-state index >= 15 is 0 Å². The van der Waals surface area contributed by atoms with Crippen LogP contribution in [0.25, 0.3) is 0 Å². The fraction of sp³-hybridized carbons (Fsp3) is 0.647. The van der Waals surface area contributed by atoms with Crippen molar-refractivity contribution in [3.05, 3.63) is 34.9 Å². The molecule has 0 amide bonds. The number of rotatable bonds is 2. The summed E-state index contributed by atoms with van der Waals surface area (Å²) in [5, 5.41) is 11.5. The SMILES string of the molecule is Cc1cccc(C)c1CC1(O)CC2CCCC(C1)S2=O. The van der Waals surface area contributed by atoms with Crippen LogP contribution in [0.15, 0.2) is 18.2 Å². The maximum atomic E-state index is 12.3. The molecule has 0 radical (unpaired) electrons. The van der Waals surface area contributed by atoms with Crippen LogP contribution < -0.4 is 0 Å². The number of hydrogen-bond acceptors (Lipinski definition) is 2. The Balaban J connectivity index is 1.85. The molecule has 2 nitrogen and oxygen atoms in total. The second-order valence-electron chi connectivity index (χ2n) is 6.68. The molecular weight excluding hydrogens is 268 g/mol. The van der Waals surface area contributed by atoms with Crippen LogP contribution in [0, 0.1) is 13.8 Å². The van der Waals surface area contributed by atoms with E-state index in [2.05, 4.69) is 32.0 Å². The first kappa shape index (κ1) is 14.3. The summed E-state index contributed by atoms with van der Waals surface area (Å²) in [6.45, 7) is 4.24. The molecule has 2 saturated heterocycles. The number of aryl methyl sites for hydroxylation is 2. The third-order valence-electron chi connectivity index (χ3n) is 5.07. The summed E-state index contributed by atoms with van der Waals surface area (Å²) in [6, 6.07) is 6.31. The molecular formula is C17H24O2S. The average molecular weight is 292 g/mol. The predicted octanol–water partition coefficient (Wildman–Crippen LogP) is 3.04. The van der Waals surface area contributed by atoms with Gasteiger partial charge in [0.1, 0.15) is 0 Å². The van der Waals surface area contributed by atoms with Gasteiger partial charge in [-0.3, -0.25) is 4.21 Å². The molecule has 3 heteroatoms. The Morgan fingerprint density at radius 1 is 1.20 bits per heavy atom. The lowest BCUT2D eigenvalue weighted by Gasteiger charge is -2.44. The van der Waals surface area contributed by atoms with E-state index in [1.807, 2.05) is 0 Å². The minimum atomic E-state index is -0.711. The van der Waals surface area contributed by atoms with Gasteiger partial charge in [0.15, 0.2) is 0 Å². The van der Waals surface area contributed by atoms with Crippen molar-refractivity contribution in [1.29, 1.82) is 0 Å². The van der Waals surface area contributed by atoms with Gasteiger partial charge in [0, 0.05) is 27.7 Å². The van der Waals surface area contributed by atoms with Crippen LogP contribution in [0.4, 0.5) is 0 Å².